The largest absolute Gasteiger partial charge is 0.569 e. The Kier molecular flexibility index (Phi) is 8.68. The van der Waals surface area contributed by atoms with E-state index in [9.17, 15) is 41.2 Å². The summed E-state index contributed by atoms with van der Waals surface area (Å²) in [5.41, 5.74) is 0.841. The van der Waals surface area contributed by atoms with Gasteiger partial charge in [0.1, 0.15) is 19.2 Å². The molecule has 3 heterocycles. The minimum atomic E-state index is -4.73. The number of nitrogens with zero attached hydrogens (tertiary/aromatic N) is 6. The Morgan fingerprint density at radius 3 is 2.20 bits per heavy atom. The first kappa shape index (κ1) is 33.9. The summed E-state index contributed by atoms with van der Waals surface area (Å²) in [6.07, 6.45) is -8.19. The Hall–Kier alpha value is -5.98. The molecule has 1 aromatic heterocycles. The number of alkyl halides is 3. The van der Waals surface area contributed by atoms with Crippen molar-refractivity contribution in [3.63, 3.8) is 0 Å². The molecule has 0 bridgehead atoms. The lowest BCUT2D eigenvalue weighted by molar-refractivity contribution is -0.727. The number of carbonyl (C=O) groups is 3. The van der Waals surface area contributed by atoms with E-state index in [1.54, 1.807) is 41.1 Å². The number of fused-ring (bicyclic) bond motifs is 1. The quantitative estimate of drug-likeness (QED) is 0.113. The summed E-state index contributed by atoms with van der Waals surface area (Å²) < 4.78 is 74.1. The second-order valence-corrected chi connectivity index (χ2v) is 12.9. The fourth-order valence-electron chi connectivity index (χ4n) is 5.13. The van der Waals surface area contributed by atoms with Crippen molar-refractivity contribution in [3.8, 4) is 16.9 Å². The standard InChI is InChI=1S/C31H26F3N7O8S/c1-18-7-9-20(10-8-18)26-15-27(31(32,33)34)35-40(26)21-11-13-23(14-12-21)50(46,47)36-30(44)48-22-16-38(17-22)41(45)37-49-19(2)39-28(42)24-5-3-4-6-25(24)29(39)43/h3-15,19,22H,16-17H2,1-2H3,(H,36,44)/b41-37-. The lowest BCUT2D eigenvalue weighted by atomic mass is 10.1. The van der Waals surface area contributed by atoms with Gasteiger partial charge in [-0.1, -0.05) is 42.0 Å². The third-order valence-corrected chi connectivity index (χ3v) is 9.09. The van der Waals surface area contributed by atoms with Crippen LogP contribution in [0.1, 0.15) is 38.9 Å². The van der Waals surface area contributed by atoms with Crippen molar-refractivity contribution < 1.29 is 50.5 Å². The van der Waals surface area contributed by atoms with E-state index in [0.29, 0.717) is 5.56 Å². The van der Waals surface area contributed by atoms with Gasteiger partial charge in [-0.25, -0.2) is 27.5 Å². The topological polar surface area (TPSA) is 179 Å². The van der Waals surface area contributed by atoms with Crippen LogP contribution in [0.4, 0.5) is 18.0 Å². The van der Waals surface area contributed by atoms with Crippen molar-refractivity contribution in [3.05, 3.63) is 106 Å². The minimum absolute atomic E-state index is 0.0340. The Morgan fingerprint density at radius 2 is 1.62 bits per heavy atom. The van der Waals surface area contributed by atoms with Gasteiger partial charge in [-0.15, -0.1) is 5.01 Å². The third-order valence-electron chi connectivity index (χ3n) is 7.76. The zero-order valence-corrected chi connectivity index (χ0v) is 26.9. The molecule has 0 aliphatic carbocycles. The summed E-state index contributed by atoms with van der Waals surface area (Å²) >= 11 is 0. The molecule has 0 saturated carbocycles. The number of sulfonamides is 1. The van der Waals surface area contributed by atoms with Crippen LogP contribution in [0.5, 0.6) is 0 Å². The van der Waals surface area contributed by atoms with E-state index in [0.717, 1.165) is 38.4 Å². The molecule has 4 aromatic rings. The van der Waals surface area contributed by atoms with E-state index >= 15 is 0 Å². The molecule has 1 fully saturated rings. The lowest BCUT2D eigenvalue weighted by Crippen LogP contribution is -2.56. The number of amides is 3. The van der Waals surface area contributed by atoms with Crippen LogP contribution in [0.25, 0.3) is 16.9 Å². The smallest absolute Gasteiger partial charge is 0.435 e. The number of benzene rings is 3. The zero-order valence-electron chi connectivity index (χ0n) is 26.1. The highest BCUT2D eigenvalue weighted by Crippen LogP contribution is 2.33. The molecule has 15 nitrogen and oxygen atoms in total. The van der Waals surface area contributed by atoms with Crippen LogP contribution in [0.15, 0.2) is 89.0 Å². The number of aryl methyl sites for hydroxylation is 1. The van der Waals surface area contributed by atoms with Crippen molar-refractivity contribution >= 4 is 27.9 Å². The highest BCUT2D eigenvalue weighted by Gasteiger charge is 2.41. The summed E-state index contributed by atoms with van der Waals surface area (Å²) in [6.45, 7) is 2.80. The molecule has 0 spiro atoms. The molecule has 1 N–H and O–H groups in total. The van der Waals surface area contributed by atoms with Gasteiger partial charge in [0.25, 0.3) is 21.8 Å². The SMILES string of the molecule is Cc1ccc(-c2cc(C(F)(F)F)nn2-c2ccc(S(=O)(=O)NC(=O)OC3CN(/[N+]([O-])=N/OC(C)N4C(=O)c5ccccc5C4=O)C3)cc2)cc1. The summed E-state index contributed by atoms with van der Waals surface area (Å²) in [6, 6.07) is 18.4. The Labute approximate surface area is 281 Å². The van der Waals surface area contributed by atoms with E-state index < -0.39 is 52.1 Å². The fourth-order valence-corrected chi connectivity index (χ4v) is 6.01. The molecule has 260 valence electrons. The molecule has 3 aromatic carbocycles. The Balaban J connectivity index is 1.03. The fraction of sp³-hybridized carbons (Fsp3) is 0.226. The molecular weight excluding hydrogens is 687 g/mol. The van der Waals surface area contributed by atoms with Gasteiger partial charge in [-0.3, -0.25) is 9.59 Å². The second-order valence-electron chi connectivity index (χ2n) is 11.3. The summed E-state index contributed by atoms with van der Waals surface area (Å²) in [5, 5.41) is 20.4. The molecule has 2 aliphatic heterocycles. The number of aromatic nitrogens is 2. The van der Waals surface area contributed by atoms with Crippen molar-refractivity contribution in [2.45, 2.75) is 37.3 Å². The Morgan fingerprint density at radius 1 is 1.02 bits per heavy atom. The molecule has 50 heavy (non-hydrogen) atoms. The first-order chi connectivity index (χ1) is 23.6. The van der Waals surface area contributed by atoms with Gasteiger partial charge in [-0.05, 0) is 56.3 Å². The predicted molar refractivity (Wildman–Crippen MR) is 164 cm³/mol. The molecule has 1 unspecified atom stereocenters. The van der Waals surface area contributed by atoms with E-state index in [2.05, 4.69) is 10.4 Å². The van der Waals surface area contributed by atoms with Gasteiger partial charge < -0.3 is 14.8 Å². The summed E-state index contributed by atoms with van der Waals surface area (Å²) in [7, 11) is -4.48. The first-order valence-corrected chi connectivity index (χ1v) is 16.2. The lowest BCUT2D eigenvalue weighted by Gasteiger charge is -2.33. The maximum atomic E-state index is 13.5. The van der Waals surface area contributed by atoms with Gasteiger partial charge in [0.2, 0.25) is 11.5 Å². The number of ether oxygens (including phenoxy) is 1. The first-order valence-electron chi connectivity index (χ1n) is 14.8. The van der Waals surface area contributed by atoms with Crippen molar-refractivity contribution in [1.29, 1.82) is 0 Å². The van der Waals surface area contributed by atoms with Gasteiger partial charge >= 0.3 is 12.3 Å². The zero-order chi connectivity index (χ0) is 36.0. The molecule has 1 atom stereocenters. The van der Waals surface area contributed by atoms with Crippen molar-refractivity contribution in [2.75, 3.05) is 13.1 Å². The number of carbonyl (C=O) groups excluding carboxylic acids is 3. The van der Waals surface area contributed by atoms with Crippen molar-refractivity contribution in [2.24, 2.45) is 5.28 Å². The number of nitrogens with one attached hydrogen (secondary N) is 1. The molecular formula is C31H26F3N7O8S. The molecule has 6 rings (SSSR count). The van der Waals surface area contributed by atoms with Crippen molar-refractivity contribution in [1.82, 2.24) is 24.4 Å². The molecule has 1 saturated heterocycles. The highest BCUT2D eigenvalue weighted by atomic mass is 32.2. The molecule has 3 amide bonds. The second kappa shape index (κ2) is 12.8. The van der Waals surface area contributed by atoms with Crippen LogP contribution >= 0.6 is 0 Å². The molecule has 19 heteroatoms. The average molecular weight is 714 g/mol. The number of hydrogen-bond donors (Lipinski definition) is 1. The van der Waals surface area contributed by atoms with Crippen LogP contribution < -0.4 is 4.72 Å². The van der Waals surface area contributed by atoms with Gasteiger partial charge in [-0.2, -0.15) is 18.3 Å². The van der Waals surface area contributed by atoms with Gasteiger partial charge in [0, 0.05) is 5.56 Å². The van der Waals surface area contributed by atoms with Gasteiger partial charge in [0.15, 0.2) is 5.69 Å². The number of rotatable bonds is 9. The highest BCUT2D eigenvalue weighted by molar-refractivity contribution is 7.90. The summed E-state index contributed by atoms with van der Waals surface area (Å²) in [4.78, 5) is 43.0. The third kappa shape index (κ3) is 6.66. The average Bonchev–Trinajstić information content (AvgIpc) is 3.61. The number of halogens is 3. The van der Waals surface area contributed by atoms with E-state index in [-0.39, 0.29) is 45.5 Å². The van der Waals surface area contributed by atoms with Crippen LogP contribution in [0.3, 0.4) is 0 Å². The number of hydrogen-bond acceptors (Lipinski definition) is 10. The summed E-state index contributed by atoms with van der Waals surface area (Å²) in [5.74, 6) is -1.21. The maximum absolute atomic E-state index is 13.5. The van der Waals surface area contributed by atoms with E-state index in [4.69, 9.17) is 9.57 Å². The van der Waals surface area contributed by atoms with Gasteiger partial charge in [0.05, 0.1) is 32.4 Å². The normalized spacial score (nSPS) is 15.8. The molecule has 0 radical (unpaired) electrons. The molecule has 2 aliphatic rings. The van der Waals surface area contributed by atoms with Crippen LogP contribution in [0.2, 0.25) is 0 Å². The number of hydrazine groups is 1. The minimum Gasteiger partial charge on any atom is -0.569 e. The monoisotopic (exact) mass is 713 g/mol. The Bertz CT molecular complexity index is 2080. The predicted octanol–water partition coefficient (Wildman–Crippen LogP) is 4.42. The van der Waals surface area contributed by atoms with Crippen LogP contribution in [-0.2, 0) is 25.8 Å². The van der Waals surface area contributed by atoms with E-state index in [1.807, 2.05) is 6.92 Å². The van der Waals surface area contributed by atoms with Crippen LogP contribution in [-0.4, -0.2) is 76.4 Å². The number of imide groups is 1. The maximum Gasteiger partial charge on any atom is 0.435 e. The van der Waals surface area contributed by atoms with Crippen LogP contribution in [0, 0.1) is 12.1 Å². The van der Waals surface area contributed by atoms with E-state index in [1.165, 1.54) is 31.2 Å².